The Morgan fingerprint density at radius 1 is 1.38 bits per heavy atom. The van der Waals surface area contributed by atoms with Crippen LogP contribution in [0.5, 0.6) is 0 Å². The lowest BCUT2D eigenvalue weighted by Gasteiger charge is -2.09. The Balaban J connectivity index is 2.33. The summed E-state index contributed by atoms with van der Waals surface area (Å²) in [6.45, 7) is 1.42. The maximum atomic E-state index is 13.5. The Morgan fingerprint density at radius 2 is 2.00 bits per heavy atom. The summed E-state index contributed by atoms with van der Waals surface area (Å²) in [6, 6.07) is 2.56. The van der Waals surface area contributed by atoms with Crippen LogP contribution in [0.15, 0.2) is 12.1 Å². The quantitative estimate of drug-likeness (QED) is 0.802. The molecule has 0 aliphatic heterocycles. The van der Waals surface area contributed by atoms with Gasteiger partial charge in [0.1, 0.15) is 6.10 Å². The lowest BCUT2D eigenvalue weighted by Crippen LogP contribution is -2.24. The average Bonchev–Trinajstić information content (AvgIpc) is 3.08. The van der Waals surface area contributed by atoms with Crippen LogP contribution in [0.3, 0.4) is 0 Å². The molecule has 1 aromatic rings. The van der Waals surface area contributed by atoms with Crippen LogP contribution in [0, 0.1) is 24.5 Å². The molecule has 0 saturated heterocycles. The third kappa shape index (κ3) is 1.85. The van der Waals surface area contributed by atoms with Gasteiger partial charge in [-0.3, -0.25) is 4.79 Å². The highest BCUT2D eigenvalue weighted by atomic mass is 19.2. The molecule has 1 fully saturated rings. The Bertz CT molecular complexity index is 439. The van der Waals surface area contributed by atoms with E-state index in [4.69, 9.17) is 0 Å². The molecule has 86 valence electrons. The summed E-state index contributed by atoms with van der Waals surface area (Å²) in [5, 5.41) is 9.56. The van der Waals surface area contributed by atoms with Crippen LogP contribution in [-0.2, 0) is 0 Å². The molecule has 0 bridgehead atoms. The number of rotatable bonds is 3. The third-order valence-electron chi connectivity index (χ3n) is 2.88. The minimum Gasteiger partial charge on any atom is -0.385 e. The topological polar surface area (TPSA) is 37.3 Å². The van der Waals surface area contributed by atoms with Crippen LogP contribution in [0.25, 0.3) is 0 Å². The van der Waals surface area contributed by atoms with Gasteiger partial charge in [-0.15, -0.1) is 0 Å². The van der Waals surface area contributed by atoms with Crippen molar-refractivity contribution in [2.24, 2.45) is 5.92 Å². The highest BCUT2D eigenvalue weighted by Crippen LogP contribution is 2.34. The average molecular weight is 226 g/mol. The zero-order chi connectivity index (χ0) is 11.9. The summed E-state index contributed by atoms with van der Waals surface area (Å²) in [6.07, 6.45) is 0.336. The van der Waals surface area contributed by atoms with E-state index in [-0.39, 0.29) is 17.0 Å². The van der Waals surface area contributed by atoms with Crippen LogP contribution in [0.1, 0.15) is 28.8 Å². The first-order chi connectivity index (χ1) is 7.52. The second kappa shape index (κ2) is 3.94. The number of Topliss-reactive ketones (excluding diaryl/α,β-unsaturated/α-hetero) is 1. The predicted molar refractivity (Wildman–Crippen MR) is 54.2 cm³/mol. The molecule has 0 heterocycles. The van der Waals surface area contributed by atoms with E-state index in [9.17, 15) is 18.7 Å². The van der Waals surface area contributed by atoms with Crippen LogP contribution < -0.4 is 0 Å². The predicted octanol–water partition coefficient (Wildman–Crippen LogP) is 2.23. The van der Waals surface area contributed by atoms with Crippen molar-refractivity contribution in [1.29, 1.82) is 0 Å². The molecule has 2 nitrogen and oxygen atoms in total. The Kier molecular flexibility index (Phi) is 2.76. The van der Waals surface area contributed by atoms with E-state index in [1.54, 1.807) is 0 Å². The number of aryl methyl sites for hydroxylation is 1. The van der Waals surface area contributed by atoms with Crippen LogP contribution in [0.4, 0.5) is 8.78 Å². The number of benzene rings is 1. The van der Waals surface area contributed by atoms with E-state index in [1.807, 2.05) is 0 Å². The highest BCUT2D eigenvalue weighted by Gasteiger charge is 2.36. The van der Waals surface area contributed by atoms with Crippen molar-refractivity contribution in [1.82, 2.24) is 0 Å². The van der Waals surface area contributed by atoms with Gasteiger partial charge in [-0.25, -0.2) is 8.78 Å². The lowest BCUT2D eigenvalue weighted by atomic mass is 10.0. The van der Waals surface area contributed by atoms with Crippen molar-refractivity contribution in [2.45, 2.75) is 25.9 Å². The third-order valence-corrected chi connectivity index (χ3v) is 2.88. The number of ketones is 1. The minimum absolute atomic E-state index is 0.0868. The molecule has 4 heteroatoms. The molecule has 16 heavy (non-hydrogen) atoms. The van der Waals surface area contributed by atoms with Crippen molar-refractivity contribution in [2.75, 3.05) is 0 Å². The van der Waals surface area contributed by atoms with Gasteiger partial charge in [0.25, 0.3) is 0 Å². The van der Waals surface area contributed by atoms with Crippen molar-refractivity contribution >= 4 is 5.78 Å². The molecule has 1 aromatic carbocycles. The molecule has 1 aliphatic rings. The number of aliphatic hydroxyl groups excluding tert-OH is 1. The molecule has 0 aromatic heterocycles. The smallest absolute Gasteiger partial charge is 0.194 e. The summed E-state index contributed by atoms with van der Waals surface area (Å²) >= 11 is 0. The standard InChI is InChI=1S/C12H12F2O2/c1-6-2-5-8(10(14)9(6)13)12(16)11(15)7-3-4-7/h2,5,7,11,15H,3-4H2,1H3. The first-order valence-electron chi connectivity index (χ1n) is 5.19. The maximum absolute atomic E-state index is 13.5. The van der Waals surface area contributed by atoms with Crippen LogP contribution in [0.2, 0.25) is 0 Å². The molecule has 0 spiro atoms. The SMILES string of the molecule is Cc1ccc(C(=O)C(O)C2CC2)c(F)c1F. The van der Waals surface area contributed by atoms with Gasteiger partial charge in [-0.2, -0.15) is 0 Å². The van der Waals surface area contributed by atoms with E-state index in [0.29, 0.717) is 0 Å². The molecular weight excluding hydrogens is 214 g/mol. The largest absolute Gasteiger partial charge is 0.385 e. The molecule has 0 amide bonds. The summed E-state index contributed by atoms with van der Waals surface area (Å²) in [5.41, 5.74) is -0.211. The molecule has 1 unspecified atom stereocenters. The van der Waals surface area contributed by atoms with Crippen molar-refractivity contribution in [3.05, 3.63) is 34.9 Å². The normalized spacial score (nSPS) is 17.2. The van der Waals surface area contributed by atoms with Gasteiger partial charge >= 0.3 is 0 Å². The van der Waals surface area contributed by atoms with Gasteiger partial charge in [-0.1, -0.05) is 6.07 Å². The number of aliphatic hydroxyl groups is 1. The van der Waals surface area contributed by atoms with Crippen molar-refractivity contribution in [3.8, 4) is 0 Å². The van der Waals surface area contributed by atoms with Gasteiger partial charge in [0.05, 0.1) is 5.56 Å². The summed E-state index contributed by atoms with van der Waals surface area (Å²) in [4.78, 5) is 11.7. The van der Waals surface area contributed by atoms with Crippen LogP contribution >= 0.6 is 0 Å². The fourth-order valence-electron chi connectivity index (χ4n) is 1.62. The first-order valence-corrected chi connectivity index (χ1v) is 5.19. The van der Waals surface area contributed by atoms with Crippen molar-refractivity contribution in [3.63, 3.8) is 0 Å². The maximum Gasteiger partial charge on any atom is 0.194 e. The molecule has 1 atom stereocenters. The summed E-state index contributed by atoms with van der Waals surface area (Å²) in [7, 11) is 0. The molecule has 1 aliphatic carbocycles. The van der Waals surface area contributed by atoms with Gasteiger partial charge in [0.2, 0.25) is 0 Å². The molecule has 1 saturated carbocycles. The number of carbonyl (C=O) groups is 1. The highest BCUT2D eigenvalue weighted by molar-refractivity contribution is 6.00. The van der Waals surface area contributed by atoms with E-state index >= 15 is 0 Å². The second-order valence-corrected chi connectivity index (χ2v) is 4.20. The van der Waals surface area contributed by atoms with Crippen molar-refractivity contribution < 1.29 is 18.7 Å². The summed E-state index contributed by atoms with van der Waals surface area (Å²) in [5.74, 6) is -2.99. The Labute approximate surface area is 91.9 Å². The fraction of sp³-hybridized carbons (Fsp3) is 0.417. The summed E-state index contributed by atoms with van der Waals surface area (Å²) < 4.78 is 26.7. The molecular formula is C12H12F2O2. The van der Waals surface area contributed by atoms with E-state index in [1.165, 1.54) is 19.1 Å². The van der Waals surface area contributed by atoms with Gasteiger partial charge in [-0.05, 0) is 37.3 Å². The monoisotopic (exact) mass is 226 g/mol. The second-order valence-electron chi connectivity index (χ2n) is 4.20. The number of hydrogen-bond acceptors (Lipinski definition) is 2. The number of carbonyl (C=O) groups excluding carboxylic acids is 1. The van der Waals surface area contributed by atoms with E-state index in [0.717, 1.165) is 12.8 Å². The van der Waals surface area contributed by atoms with Gasteiger partial charge in [0, 0.05) is 0 Å². The zero-order valence-corrected chi connectivity index (χ0v) is 8.84. The van der Waals surface area contributed by atoms with Gasteiger partial charge < -0.3 is 5.11 Å². The Morgan fingerprint density at radius 3 is 2.56 bits per heavy atom. The zero-order valence-electron chi connectivity index (χ0n) is 8.84. The van der Waals surface area contributed by atoms with E-state index < -0.39 is 23.5 Å². The Hall–Kier alpha value is -1.29. The fourth-order valence-corrected chi connectivity index (χ4v) is 1.62. The molecule has 2 rings (SSSR count). The molecule has 0 radical (unpaired) electrons. The van der Waals surface area contributed by atoms with Crippen LogP contribution in [-0.4, -0.2) is 17.0 Å². The first kappa shape index (κ1) is 11.2. The van der Waals surface area contributed by atoms with E-state index in [2.05, 4.69) is 0 Å². The van der Waals surface area contributed by atoms with Gasteiger partial charge in [0.15, 0.2) is 17.4 Å². The number of halogens is 2. The minimum atomic E-state index is -1.20. The lowest BCUT2D eigenvalue weighted by molar-refractivity contribution is 0.0698. The number of hydrogen-bond donors (Lipinski definition) is 1. The molecule has 1 N–H and O–H groups in total.